The molecule has 7 N–H and O–H groups in total. The molecule has 3 aromatic rings. The second kappa shape index (κ2) is 19.0. The number of rotatable bonds is 12. The van der Waals surface area contributed by atoms with Crippen molar-refractivity contribution in [3.63, 3.8) is 0 Å². The number of carbonyl (C=O) groups is 2. The molecule has 0 bridgehead atoms. The van der Waals surface area contributed by atoms with Crippen molar-refractivity contribution >= 4 is 60.1 Å². The third kappa shape index (κ3) is 16.1. The second-order valence-corrected chi connectivity index (χ2v) is 13.4. The number of nitro benzene ring substituents is 1. The van der Waals surface area contributed by atoms with Crippen LogP contribution < -0.4 is 21.1 Å². The summed E-state index contributed by atoms with van der Waals surface area (Å²) in [5.41, 5.74) is 2.85. The number of nitrogens with one attached hydrogen (secondary N) is 2. The fourth-order valence-electron chi connectivity index (χ4n) is 3.21. The van der Waals surface area contributed by atoms with Gasteiger partial charge in [-0.25, -0.2) is 4.79 Å². The van der Waals surface area contributed by atoms with Gasteiger partial charge in [0.2, 0.25) is 17.2 Å². The lowest BCUT2D eigenvalue weighted by molar-refractivity contribution is -0.385. The number of alkyl halides is 3. The number of aromatic carboxylic acids is 1. The van der Waals surface area contributed by atoms with Crippen molar-refractivity contribution in [3.05, 3.63) is 67.9 Å². The van der Waals surface area contributed by atoms with E-state index in [0.717, 1.165) is 36.9 Å². The Bertz CT molecular complexity index is 1660. The van der Waals surface area contributed by atoms with Crippen molar-refractivity contribution in [2.75, 3.05) is 30.0 Å². The highest BCUT2D eigenvalue weighted by Crippen LogP contribution is 2.37. The van der Waals surface area contributed by atoms with Gasteiger partial charge < -0.3 is 36.2 Å². The monoisotopic (exact) mass is 757 g/mol. The molecule has 0 saturated heterocycles. The number of carboxylic acid groups (broad SMARTS) is 2. The van der Waals surface area contributed by atoms with Crippen LogP contribution in [0.15, 0.2) is 36.4 Å². The molecule has 0 spiro atoms. The minimum Gasteiger partial charge on any atom is -0.480 e. The molecule has 3 rings (SSSR count). The molecule has 49 heavy (non-hydrogen) atoms. The van der Waals surface area contributed by atoms with Gasteiger partial charge in [0.1, 0.15) is 23.1 Å². The number of aromatic nitrogens is 3. The largest absolute Gasteiger partial charge is 0.480 e. The van der Waals surface area contributed by atoms with Crippen LogP contribution in [0.5, 0.6) is 11.5 Å². The number of nitrogens with zero attached hydrogens (tertiary/aromatic N) is 4. The molecule has 0 fully saturated rings. The first-order chi connectivity index (χ1) is 22.5. The van der Waals surface area contributed by atoms with E-state index in [2.05, 4.69) is 25.6 Å². The topological polar surface area (TPSA) is 253 Å². The maximum absolute atomic E-state index is 12.6. The summed E-state index contributed by atoms with van der Waals surface area (Å²) in [4.78, 5) is 51.8. The van der Waals surface area contributed by atoms with E-state index in [1.807, 2.05) is 20.8 Å². The van der Waals surface area contributed by atoms with Crippen LogP contribution >= 0.6 is 30.6 Å². The molecule has 1 heterocycles. The second-order valence-electron chi connectivity index (χ2n) is 10.1. The molecule has 2 unspecified atom stereocenters. The quantitative estimate of drug-likeness (QED) is 0.0681. The van der Waals surface area contributed by atoms with Crippen molar-refractivity contribution in [3.8, 4) is 11.5 Å². The van der Waals surface area contributed by atoms with Gasteiger partial charge in [-0.1, -0.05) is 11.6 Å². The zero-order valence-corrected chi connectivity index (χ0v) is 28.6. The Hall–Kier alpha value is -4.29. The molecule has 0 amide bonds. The van der Waals surface area contributed by atoms with Gasteiger partial charge in [-0.05, 0) is 63.1 Å². The van der Waals surface area contributed by atoms with Crippen molar-refractivity contribution in [1.82, 2.24) is 15.0 Å². The molecule has 0 aliphatic heterocycles. The Labute approximate surface area is 287 Å². The maximum Gasteiger partial charge on any atom is 0.416 e. The average molecular weight is 758 g/mol. The molecule has 22 heteroatoms. The normalized spacial score (nSPS) is 12.7. The Morgan fingerprint density at radius 2 is 1.71 bits per heavy atom. The molecule has 270 valence electrons. The SMILES string of the molecule is CCNc1nc(Cl)nc(NC(C)C)n1.CP(=O)(O)CCC(N)C(=O)O.O=C(O)c1cc(Oc2ccc(C(F)(F)F)cc2Cl)ccc1[N+](=O)[O-]. The van der Waals surface area contributed by atoms with Crippen LogP contribution in [0.1, 0.15) is 43.1 Å². The number of hydrogen-bond acceptors (Lipinski definition) is 12. The summed E-state index contributed by atoms with van der Waals surface area (Å²) in [7, 11) is -3.10. The van der Waals surface area contributed by atoms with Crippen LogP contribution in [0.3, 0.4) is 0 Å². The van der Waals surface area contributed by atoms with Crippen molar-refractivity contribution < 1.29 is 52.1 Å². The smallest absolute Gasteiger partial charge is 0.416 e. The standard InChI is InChI=1S/C14H7ClF3NO5.C8H14ClN5.C5H12NO4P/c15-10-5-7(14(16,17)18)1-4-12(10)24-8-2-3-11(19(22)23)9(6-8)13(20)21;1-4-10-7-12-6(9)13-8(14-7)11-5(2)3;1-11(9,10)3-2-4(6)5(7)8/h1-6H,(H,20,21);5H,4H2,1-3H3,(H2,10,11,12,13,14);4H,2-3,6H2,1H3,(H,7,8)(H,9,10). The molecule has 0 aliphatic rings. The van der Waals surface area contributed by atoms with E-state index >= 15 is 0 Å². The van der Waals surface area contributed by atoms with Gasteiger partial charge in [0.05, 0.1) is 15.5 Å². The fraction of sp³-hybridized carbons (Fsp3) is 0.370. The highest BCUT2D eigenvalue weighted by molar-refractivity contribution is 7.57. The van der Waals surface area contributed by atoms with Crippen molar-refractivity contribution in [1.29, 1.82) is 0 Å². The van der Waals surface area contributed by atoms with E-state index in [-0.39, 0.29) is 40.4 Å². The molecule has 0 aliphatic carbocycles. The van der Waals surface area contributed by atoms with Crippen LogP contribution in [0, 0.1) is 10.1 Å². The zero-order valence-electron chi connectivity index (χ0n) is 26.2. The zero-order chi connectivity index (χ0) is 37.7. The van der Waals surface area contributed by atoms with E-state index in [1.165, 1.54) is 6.66 Å². The molecule has 1 aromatic heterocycles. The number of ether oxygens (including phenoxy) is 1. The van der Waals surface area contributed by atoms with Crippen LogP contribution in [0.25, 0.3) is 0 Å². The van der Waals surface area contributed by atoms with Crippen LogP contribution in [0.2, 0.25) is 10.3 Å². The minimum atomic E-state index is -4.58. The predicted molar refractivity (Wildman–Crippen MR) is 175 cm³/mol. The number of aliphatic carboxylic acids is 1. The number of benzene rings is 2. The number of carboxylic acids is 2. The van der Waals surface area contributed by atoms with E-state index in [4.69, 9.17) is 48.8 Å². The minimum absolute atomic E-state index is 0.0412. The number of nitrogens with two attached hydrogens (primary N) is 1. The molecule has 2 atom stereocenters. The molecule has 0 radical (unpaired) electrons. The van der Waals surface area contributed by atoms with Crippen molar-refractivity contribution in [2.45, 2.75) is 45.5 Å². The van der Waals surface area contributed by atoms with Gasteiger partial charge >= 0.3 is 18.1 Å². The summed E-state index contributed by atoms with van der Waals surface area (Å²) in [6, 6.07) is 4.50. The third-order valence-corrected chi connectivity index (χ3v) is 6.97. The van der Waals surface area contributed by atoms with Gasteiger partial charge in [-0.2, -0.15) is 28.1 Å². The highest BCUT2D eigenvalue weighted by Gasteiger charge is 2.31. The summed E-state index contributed by atoms with van der Waals surface area (Å²) >= 11 is 11.4. The summed E-state index contributed by atoms with van der Waals surface area (Å²) in [5, 5.41) is 33.9. The summed E-state index contributed by atoms with van der Waals surface area (Å²) in [5.74, 6) is -1.98. The molecular formula is C27H33Cl2F3N7O9P. The summed E-state index contributed by atoms with van der Waals surface area (Å²) < 4.78 is 53.5. The average Bonchev–Trinajstić information content (AvgIpc) is 2.96. The van der Waals surface area contributed by atoms with E-state index in [9.17, 15) is 37.4 Å². The third-order valence-electron chi connectivity index (χ3n) is 5.42. The Morgan fingerprint density at radius 3 is 2.18 bits per heavy atom. The first-order valence-corrected chi connectivity index (χ1v) is 16.8. The van der Waals surface area contributed by atoms with E-state index < -0.39 is 53.3 Å². The number of anilines is 2. The van der Waals surface area contributed by atoms with E-state index in [0.29, 0.717) is 18.0 Å². The Balaban J connectivity index is 0.000000407. The van der Waals surface area contributed by atoms with Crippen LogP contribution in [-0.4, -0.2) is 78.4 Å². The molecule has 2 aromatic carbocycles. The predicted octanol–water partition coefficient (Wildman–Crippen LogP) is 6.22. The molecule has 16 nitrogen and oxygen atoms in total. The first kappa shape index (κ1) is 42.7. The van der Waals surface area contributed by atoms with Gasteiger partial charge in [0.15, 0.2) is 7.37 Å². The lowest BCUT2D eigenvalue weighted by Gasteiger charge is -2.11. The molecular weight excluding hydrogens is 725 g/mol. The molecule has 0 saturated carbocycles. The number of nitro groups is 1. The lowest BCUT2D eigenvalue weighted by atomic mass is 10.1. The number of halogens is 5. The van der Waals surface area contributed by atoms with Crippen molar-refractivity contribution in [2.24, 2.45) is 5.73 Å². The van der Waals surface area contributed by atoms with Gasteiger partial charge in [0, 0.05) is 37.5 Å². The van der Waals surface area contributed by atoms with Crippen LogP contribution in [-0.2, 0) is 15.5 Å². The van der Waals surface area contributed by atoms with E-state index in [1.54, 1.807) is 0 Å². The Morgan fingerprint density at radius 1 is 1.10 bits per heavy atom. The first-order valence-electron chi connectivity index (χ1n) is 13.8. The lowest BCUT2D eigenvalue weighted by Crippen LogP contribution is -2.30. The fourth-order valence-corrected chi connectivity index (χ4v) is 4.34. The maximum atomic E-state index is 12.6. The van der Waals surface area contributed by atoms with Crippen LogP contribution in [0.4, 0.5) is 30.8 Å². The van der Waals surface area contributed by atoms with Gasteiger partial charge in [-0.3, -0.25) is 19.5 Å². The van der Waals surface area contributed by atoms with Gasteiger partial charge in [0.25, 0.3) is 5.69 Å². The summed E-state index contributed by atoms with van der Waals surface area (Å²) in [6.07, 6.45) is -4.58. The number of hydrogen-bond donors (Lipinski definition) is 6. The summed E-state index contributed by atoms with van der Waals surface area (Å²) in [6.45, 7) is 7.91. The highest BCUT2D eigenvalue weighted by atomic mass is 35.5. The van der Waals surface area contributed by atoms with Gasteiger partial charge in [-0.15, -0.1) is 0 Å². The Kier molecular flexibility index (Phi) is 16.6.